The van der Waals surface area contributed by atoms with E-state index in [1.54, 1.807) is 24.3 Å². The number of nitrogens with one attached hydrogen (secondary N) is 1. The fourth-order valence-electron chi connectivity index (χ4n) is 1.54. The van der Waals surface area contributed by atoms with Crippen LogP contribution in [0.25, 0.3) is 11.3 Å². The quantitative estimate of drug-likeness (QED) is 0.451. The van der Waals surface area contributed by atoms with Gasteiger partial charge >= 0.3 is 5.97 Å². The highest BCUT2D eigenvalue weighted by atomic mass is 32.1. The van der Waals surface area contributed by atoms with Crippen molar-refractivity contribution >= 4 is 29.5 Å². The number of carbonyl (C=O) groups is 1. The van der Waals surface area contributed by atoms with Gasteiger partial charge in [-0.15, -0.1) is 0 Å². The van der Waals surface area contributed by atoms with E-state index in [1.165, 1.54) is 18.3 Å². The molecule has 0 aliphatic rings. The maximum atomic E-state index is 10.9. The molecule has 4 N–H and O–H groups in total. The Morgan fingerprint density at radius 2 is 2.20 bits per heavy atom. The van der Waals surface area contributed by atoms with Crippen molar-refractivity contribution in [2.75, 3.05) is 0 Å². The summed E-state index contributed by atoms with van der Waals surface area (Å²) in [7, 11) is 0. The van der Waals surface area contributed by atoms with Gasteiger partial charge in [-0.05, 0) is 36.5 Å². The lowest BCUT2D eigenvalue weighted by Gasteiger charge is -1.99. The molecule has 0 atom stereocenters. The number of hydrogen-bond donors (Lipinski definition) is 3. The zero-order valence-electron chi connectivity index (χ0n) is 10.2. The van der Waals surface area contributed by atoms with E-state index in [0.29, 0.717) is 17.1 Å². The maximum Gasteiger partial charge on any atom is 0.335 e. The first kappa shape index (κ1) is 13.8. The average molecular weight is 289 g/mol. The first-order valence-electron chi connectivity index (χ1n) is 5.58. The van der Waals surface area contributed by atoms with Crippen molar-refractivity contribution in [1.82, 2.24) is 5.43 Å². The Bertz CT molecular complexity index is 679. The van der Waals surface area contributed by atoms with Crippen molar-refractivity contribution in [2.45, 2.75) is 0 Å². The van der Waals surface area contributed by atoms with Crippen molar-refractivity contribution in [2.24, 2.45) is 10.8 Å². The minimum Gasteiger partial charge on any atom is -0.478 e. The summed E-state index contributed by atoms with van der Waals surface area (Å²) in [4.78, 5) is 10.9. The third-order valence-electron chi connectivity index (χ3n) is 2.39. The van der Waals surface area contributed by atoms with Crippen LogP contribution in [0, 0.1) is 0 Å². The minimum absolute atomic E-state index is 0.0576. The van der Waals surface area contributed by atoms with Crippen molar-refractivity contribution < 1.29 is 14.3 Å². The Morgan fingerprint density at radius 1 is 1.40 bits per heavy atom. The van der Waals surface area contributed by atoms with E-state index >= 15 is 0 Å². The van der Waals surface area contributed by atoms with Crippen LogP contribution >= 0.6 is 12.2 Å². The molecule has 6 nitrogen and oxygen atoms in total. The molecule has 0 fully saturated rings. The topological polar surface area (TPSA) is 101 Å². The fraction of sp³-hybridized carbons (Fsp3) is 0. The molecule has 0 aliphatic carbocycles. The van der Waals surface area contributed by atoms with Crippen LogP contribution in [0.3, 0.4) is 0 Å². The number of nitrogens with two attached hydrogens (primary N) is 1. The molecule has 0 saturated heterocycles. The normalized spacial score (nSPS) is 10.6. The van der Waals surface area contributed by atoms with Crippen LogP contribution in [-0.2, 0) is 0 Å². The van der Waals surface area contributed by atoms with Gasteiger partial charge in [0.15, 0.2) is 5.11 Å². The van der Waals surface area contributed by atoms with Crippen LogP contribution in [0.15, 0.2) is 45.9 Å². The molecule has 1 aromatic heterocycles. The molecular weight excluding hydrogens is 278 g/mol. The van der Waals surface area contributed by atoms with Crippen molar-refractivity contribution in [3.05, 3.63) is 47.7 Å². The van der Waals surface area contributed by atoms with Gasteiger partial charge in [-0.2, -0.15) is 5.10 Å². The molecule has 1 aromatic carbocycles. The lowest BCUT2D eigenvalue weighted by Crippen LogP contribution is -2.23. The van der Waals surface area contributed by atoms with Crippen LogP contribution in [0.5, 0.6) is 0 Å². The first-order valence-corrected chi connectivity index (χ1v) is 5.99. The number of benzene rings is 1. The number of furan rings is 1. The maximum absolute atomic E-state index is 10.9. The molecule has 7 heteroatoms. The molecule has 0 radical (unpaired) electrons. The second-order valence-electron chi connectivity index (χ2n) is 3.82. The largest absolute Gasteiger partial charge is 0.478 e. The zero-order chi connectivity index (χ0) is 14.5. The van der Waals surface area contributed by atoms with Gasteiger partial charge in [-0.1, -0.05) is 12.1 Å². The van der Waals surface area contributed by atoms with Gasteiger partial charge in [0.25, 0.3) is 0 Å². The number of rotatable bonds is 4. The van der Waals surface area contributed by atoms with E-state index in [2.05, 4.69) is 22.7 Å². The highest BCUT2D eigenvalue weighted by Gasteiger charge is 2.07. The Labute approximate surface area is 119 Å². The second kappa shape index (κ2) is 5.98. The number of carboxylic acids is 1. The van der Waals surface area contributed by atoms with Crippen LogP contribution in [-0.4, -0.2) is 22.4 Å². The highest BCUT2D eigenvalue weighted by molar-refractivity contribution is 7.80. The molecular formula is C13H11N3O3S. The Hall–Kier alpha value is -2.67. The summed E-state index contributed by atoms with van der Waals surface area (Å²) in [6, 6.07) is 9.90. The summed E-state index contributed by atoms with van der Waals surface area (Å²) < 4.78 is 5.52. The third kappa shape index (κ3) is 3.42. The van der Waals surface area contributed by atoms with E-state index in [1.807, 2.05) is 0 Å². The second-order valence-corrected chi connectivity index (χ2v) is 4.26. The molecule has 0 aliphatic heterocycles. The molecule has 0 amide bonds. The van der Waals surface area contributed by atoms with E-state index in [0.717, 1.165) is 0 Å². The molecule has 2 rings (SSSR count). The number of thiocarbonyl (C=S) groups is 1. The number of aromatic carboxylic acids is 1. The molecule has 102 valence electrons. The van der Waals surface area contributed by atoms with Crippen LogP contribution < -0.4 is 11.2 Å². The molecule has 20 heavy (non-hydrogen) atoms. The van der Waals surface area contributed by atoms with Gasteiger partial charge < -0.3 is 15.3 Å². The summed E-state index contributed by atoms with van der Waals surface area (Å²) in [6.45, 7) is 0. The van der Waals surface area contributed by atoms with Crippen LogP contribution in [0.4, 0.5) is 0 Å². The van der Waals surface area contributed by atoms with Crippen LogP contribution in [0.2, 0.25) is 0 Å². The minimum atomic E-state index is -0.985. The van der Waals surface area contributed by atoms with Crippen molar-refractivity contribution in [3.63, 3.8) is 0 Å². The van der Waals surface area contributed by atoms with Gasteiger partial charge in [-0.25, -0.2) is 4.79 Å². The Kier molecular flexibility index (Phi) is 4.11. The van der Waals surface area contributed by atoms with E-state index < -0.39 is 5.97 Å². The molecule has 1 heterocycles. The van der Waals surface area contributed by atoms with Crippen LogP contribution in [0.1, 0.15) is 16.1 Å². The molecule has 0 spiro atoms. The SMILES string of the molecule is NC(=S)NN=Cc1ccc(-c2cccc(C(=O)O)c2)o1. The molecule has 2 aromatic rings. The number of carboxylic acid groups (broad SMARTS) is 1. The standard InChI is InChI=1S/C13H11N3O3S/c14-13(20)16-15-7-10-4-5-11(19-10)8-2-1-3-9(6-8)12(17)18/h1-7H,(H,17,18)(H3,14,16,20). The first-order chi connectivity index (χ1) is 9.56. The van der Waals surface area contributed by atoms with E-state index in [9.17, 15) is 4.79 Å². The van der Waals surface area contributed by atoms with Gasteiger partial charge in [-0.3, -0.25) is 5.43 Å². The monoisotopic (exact) mass is 289 g/mol. The smallest absolute Gasteiger partial charge is 0.335 e. The van der Waals surface area contributed by atoms with Gasteiger partial charge in [0.2, 0.25) is 0 Å². The third-order valence-corrected chi connectivity index (χ3v) is 2.48. The van der Waals surface area contributed by atoms with Crippen molar-refractivity contribution in [1.29, 1.82) is 0 Å². The summed E-state index contributed by atoms with van der Waals surface area (Å²) in [5.41, 5.74) is 8.50. The fourth-order valence-corrected chi connectivity index (χ4v) is 1.60. The predicted molar refractivity (Wildman–Crippen MR) is 78.6 cm³/mol. The number of hydrogen-bond acceptors (Lipinski definition) is 4. The van der Waals surface area contributed by atoms with E-state index in [4.69, 9.17) is 15.3 Å². The lowest BCUT2D eigenvalue weighted by atomic mass is 10.1. The van der Waals surface area contributed by atoms with Crippen molar-refractivity contribution in [3.8, 4) is 11.3 Å². The molecule has 0 bridgehead atoms. The summed E-state index contributed by atoms with van der Waals surface area (Å²) in [6.07, 6.45) is 1.42. The summed E-state index contributed by atoms with van der Waals surface area (Å²) in [5, 5.41) is 12.8. The average Bonchev–Trinajstić information content (AvgIpc) is 2.87. The number of hydrazone groups is 1. The van der Waals surface area contributed by atoms with E-state index in [-0.39, 0.29) is 10.7 Å². The van der Waals surface area contributed by atoms with Gasteiger partial charge in [0.1, 0.15) is 11.5 Å². The summed E-state index contributed by atoms with van der Waals surface area (Å²) >= 11 is 4.60. The molecule has 0 saturated carbocycles. The Morgan fingerprint density at radius 3 is 2.90 bits per heavy atom. The van der Waals surface area contributed by atoms with Gasteiger partial charge in [0.05, 0.1) is 11.8 Å². The Balaban J connectivity index is 2.20. The van der Waals surface area contributed by atoms with Gasteiger partial charge in [0, 0.05) is 5.56 Å². The predicted octanol–water partition coefficient (Wildman–Crippen LogP) is 1.81. The highest BCUT2D eigenvalue weighted by Crippen LogP contribution is 2.22. The summed E-state index contributed by atoms with van der Waals surface area (Å²) in [5.74, 6) is 0.0511. The number of nitrogens with zero attached hydrogens (tertiary/aromatic N) is 1. The zero-order valence-corrected chi connectivity index (χ0v) is 11.1. The molecule has 0 unspecified atom stereocenters. The lowest BCUT2D eigenvalue weighted by molar-refractivity contribution is 0.0697.